The van der Waals surface area contributed by atoms with Crippen molar-refractivity contribution in [1.29, 1.82) is 0 Å². The van der Waals surface area contributed by atoms with E-state index in [-0.39, 0.29) is 11.6 Å². The fraction of sp³-hybridized carbons (Fsp3) is 0.500. The summed E-state index contributed by atoms with van der Waals surface area (Å²) in [5.74, 6) is 0.301. The van der Waals surface area contributed by atoms with Crippen molar-refractivity contribution in [2.75, 3.05) is 5.32 Å². The van der Waals surface area contributed by atoms with Gasteiger partial charge in [-0.3, -0.25) is 0 Å². The third kappa shape index (κ3) is 3.43. The highest BCUT2D eigenvalue weighted by Gasteiger charge is 2.24. The molecule has 1 unspecified atom stereocenters. The zero-order chi connectivity index (χ0) is 12.4. The van der Waals surface area contributed by atoms with E-state index in [0.29, 0.717) is 10.3 Å². The number of carboxylic acids is 1. The molecular formula is C12H15BrN2O2. The first-order valence-electron chi connectivity index (χ1n) is 5.71. The lowest BCUT2D eigenvalue weighted by Crippen LogP contribution is -2.19. The van der Waals surface area contributed by atoms with Gasteiger partial charge in [-0.1, -0.05) is 12.8 Å². The predicted molar refractivity (Wildman–Crippen MR) is 69.3 cm³/mol. The molecule has 17 heavy (non-hydrogen) atoms. The van der Waals surface area contributed by atoms with Gasteiger partial charge in [-0.05, 0) is 41.3 Å². The summed E-state index contributed by atoms with van der Waals surface area (Å²) in [6.07, 6.45) is 5.28. The summed E-state index contributed by atoms with van der Waals surface area (Å²) >= 11 is 3.23. The molecule has 0 radical (unpaired) electrons. The summed E-state index contributed by atoms with van der Waals surface area (Å²) in [4.78, 5) is 15.2. The van der Waals surface area contributed by atoms with Crippen molar-refractivity contribution < 1.29 is 9.90 Å². The molecule has 1 aromatic rings. The van der Waals surface area contributed by atoms with Crippen LogP contribution >= 0.6 is 15.9 Å². The number of carbonyl (C=O) groups is 1. The Hall–Kier alpha value is -1.10. The SMILES string of the molecule is CC(CC1CC1)Nc1ncc(Br)cc1C(=O)O. The van der Waals surface area contributed by atoms with Crippen LogP contribution in [0.1, 0.15) is 36.5 Å². The van der Waals surface area contributed by atoms with E-state index in [1.54, 1.807) is 12.3 Å². The van der Waals surface area contributed by atoms with Crippen LogP contribution < -0.4 is 5.32 Å². The summed E-state index contributed by atoms with van der Waals surface area (Å²) in [5.41, 5.74) is 0.210. The molecule has 1 saturated carbocycles. The number of anilines is 1. The Bertz CT molecular complexity index is 433. The van der Waals surface area contributed by atoms with E-state index < -0.39 is 5.97 Å². The van der Waals surface area contributed by atoms with Crippen molar-refractivity contribution in [2.45, 2.75) is 32.2 Å². The molecule has 0 saturated heterocycles. The number of aromatic carboxylic acids is 1. The highest BCUT2D eigenvalue weighted by molar-refractivity contribution is 9.10. The highest BCUT2D eigenvalue weighted by Crippen LogP contribution is 2.34. The molecule has 0 bridgehead atoms. The van der Waals surface area contributed by atoms with Crippen LogP contribution in [0.4, 0.5) is 5.82 Å². The molecule has 2 N–H and O–H groups in total. The lowest BCUT2D eigenvalue weighted by Gasteiger charge is -2.15. The first-order chi connectivity index (χ1) is 8.06. The number of pyridine rings is 1. The van der Waals surface area contributed by atoms with E-state index >= 15 is 0 Å². The molecule has 0 aliphatic heterocycles. The van der Waals surface area contributed by atoms with Crippen LogP contribution in [0.3, 0.4) is 0 Å². The Morgan fingerprint density at radius 1 is 1.71 bits per heavy atom. The average Bonchev–Trinajstić information content (AvgIpc) is 3.04. The molecule has 0 aromatic carbocycles. The lowest BCUT2D eigenvalue weighted by atomic mass is 10.1. The second-order valence-corrected chi connectivity index (χ2v) is 5.49. The van der Waals surface area contributed by atoms with Crippen molar-refractivity contribution in [3.8, 4) is 0 Å². The van der Waals surface area contributed by atoms with Gasteiger partial charge in [0, 0.05) is 16.7 Å². The normalized spacial score (nSPS) is 16.6. The third-order valence-corrected chi connectivity index (χ3v) is 3.29. The van der Waals surface area contributed by atoms with Crippen LogP contribution in [0.2, 0.25) is 0 Å². The minimum atomic E-state index is -0.958. The fourth-order valence-corrected chi connectivity index (χ4v) is 2.19. The lowest BCUT2D eigenvalue weighted by molar-refractivity contribution is 0.0697. The number of hydrogen-bond donors (Lipinski definition) is 2. The van der Waals surface area contributed by atoms with Crippen molar-refractivity contribution in [1.82, 2.24) is 4.98 Å². The largest absolute Gasteiger partial charge is 0.478 e. The quantitative estimate of drug-likeness (QED) is 0.876. The molecular weight excluding hydrogens is 284 g/mol. The molecule has 1 heterocycles. The molecule has 1 aliphatic carbocycles. The number of rotatable bonds is 5. The Balaban J connectivity index is 2.10. The molecule has 1 aliphatic rings. The van der Waals surface area contributed by atoms with E-state index in [4.69, 9.17) is 5.11 Å². The molecule has 0 amide bonds. The van der Waals surface area contributed by atoms with Gasteiger partial charge in [-0.2, -0.15) is 0 Å². The molecule has 1 aromatic heterocycles. The summed E-state index contributed by atoms with van der Waals surface area (Å²) in [6.45, 7) is 2.06. The van der Waals surface area contributed by atoms with Crippen molar-refractivity contribution in [3.05, 3.63) is 22.3 Å². The summed E-state index contributed by atoms with van der Waals surface area (Å²) < 4.78 is 0.676. The van der Waals surface area contributed by atoms with Gasteiger partial charge < -0.3 is 10.4 Å². The number of nitrogens with zero attached hydrogens (tertiary/aromatic N) is 1. The van der Waals surface area contributed by atoms with Crippen LogP contribution in [0.25, 0.3) is 0 Å². The van der Waals surface area contributed by atoms with Crippen LogP contribution in [0, 0.1) is 5.92 Å². The van der Waals surface area contributed by atoms with Gasteiger partial charge in [0.1, 0.15) is 11.4 Å². The highest BCUT2D eigenvalue weighted by atomic mass is 79.9. The maximum atomic E-state index is 11.1. The zero-order valence-electron chi connectivity index (χ0n) is 9.61. The van der Waals surface area contributed by atoms with Gasteiger partial charge >= 0.3 is 5.97 Å². The van der Waals surface area contributed by atoms with Gasteiger partial charge in [0.2, 0.25) is 0 Å². The zero-order valence-corrected chi connectivity index (χ0v) is 11.2. The van der Waals surface area contributed by atoms with Gasteiger partial charge in [-0.15, -0.1) is 0 Å². The maximum Gasteiger partial charge on any atom is 0.339 e. The van der Waals surface area contributed by atoms with Crippen molar-refractivity contribution >= 4 is 27.7 Å². The van der Waals surface area contributed by atoms with Gasteiger partial charge in [0.05, 0.1) is 0 Å². The molecule has 1 atom stereocenters. The molecule has 92 valence electrons. The standard InChI is InChI=1S/C12H15BrN2O2/c1-7(4-8-2-3-8)15-11-10(12(16)17)5-9(13)6-14-11/h5-8H,2-4H2,1H3,(H,14,15)(H,16,17). The Morgan fingerprint density at radius 2 is 2.41 bits per heavy atom. The smallest absolute Gasteiger partial charge is 0.339 e. The number of carboxylic acid groups (broad SMARTS) is 1. The monoisotopic (exact) mass is 298 g/mol. The Kier molecular flexibility index (Phi) is 3.66. The number of aromatic nitrogens is 1. The van der Waals surface area contributed by atoms with Gasteiger partial charge in [0.25, 0.3) is 0 Å². The van der Waals surface area contributed by atoms with Crippen LogP contribution in [0.15, 0.2) is 16.7 Å². The number of hydrogen-bond acceptors (Lipinski definition) is 3. The molecule has 1 fully saturated rings. The fourth-order valence-electron chi connectivity index (χ4n) is 1.86. The van der Waals surface area contributed by atoms with Crippen molar-refractivity contribution in [2.24, 2.45) is 5.92 Å². The van der Waals surface area contributed by atoms with E-state index in [1.165, 1.54) is 12.8 Å². The molecule has 4 nitrogen and oxygen atoms in total. The van der Waals surface area contributed by atoms with Crippen LogP contribution in [-0.2, 0) is 0 Å². The molecule has 0 spiro atoms. The van der Waals surface area contributed by atoms with E-state index in [2.05, 4.69) is 33.2 Å². The first kappa shape index (κ1) is 12.4. The minimum Gasteiger partial charge on any atom is -0.478 e. The van der Waals surface area contributed by atoms with E-state index in [9.17, 15) is 4.79 Å². The predicted octanol–water partition coefficient (Wildman–Crippen LogP) is 3.14. The number of halogens is 1. The molecule has 2 rings (SSSR count). The second-order valence-electron chi connectivity index (χ2n) is 4.58. The van der Waals surface area contributed by atoms with Crippen LogP contribution in [0.5, 0.6) is 0 Å². The maximum absolute atomic E-state index is 11.1. The van der Waals surface area contributed by atoms with Gasteiger partial charge in [-0.25, -0.2) is 9.78 Å². The minimum absolute atomic E-state index is 0.210. The average molecular weight is 299 g/mol. The number of nitrogens with one attached hydrogen (secondary N) is 1. The van der Waals surface area contributed by atoms with Crippen molar-refractivity contribution in [3.63, 3.8) is 0 Å². The van der Waals surface area contributed by atoms with Crippen LogP contribution in [-0.4, -0.2) is 22.1 Å². The first-order valence-corrected chi connectivity index (χ1v) is 6.51. The molecule has 5 heteroatoms. The summed E-state index contributed by atoms with van der Waals surface area (Å²) in [5, 5.41) is 12.3. The van der Waals surface area contributed by atoms with E-state index in [0.717, 1.165) is 12.3 Å². The second kappa shape index (κ2) is 5.04. The topological polar surface area (TPSA) is 62.2 Å². The van der Waals surface area contributed by atoms with Gasteiger partial charge in [0.15, 0.2) is 0 Å². The summed E-state index contributed by atoms with van der Waals surface area (Å²) in [7, 11) is 0. The Labute approximate surface area is 109 Å². The third-order valence-electron chi connectivity index (χ3n) is 2.85. The van der Waals surface area contributed by atoms with E-state index in [1.807, 2.05) is 0 Å². The Morgan fingerprint density at radius 3 is 3.00 bits per heavy atom. The summed E-state index contributed by atoms with van der Waals surface area (Å²) in [6, 6.07) is 1.83.